The molecule has 0 aromatic carbocycles. The maximum atomic E-state index is 13.7. The van der Waals surface area contributed by atoms with E-state index in [2.05, 4.69) is 0 Å². The maximum Gasteiger partial charge on any atom is 0.471 e. The van der Waals surface area contributed by atoms with Crippen molar-refractivity contribution in [3.05, 3.63) is 0 Å². The van der Waals surface area contributed by atoms with E-state index in [1.807, 2.05) is 0 Å². The number of hydrogen-bond acceptors (Lipinski definition) is 1. The molecule has 188 valence electrons. The van der Waals surface area contributed by atoms with Crippen molar-refractivity contribution in [2.75, 3.05) is 0 Å². The lowest BCUT2D eigenvalue weighted by molar-refractivity contribution is -0.548. The van der Waals surface area contributed by atoms with Gasteiger partial charge in [-0.2, -0.15) is 92.2 Å². The van der Waals surface area contributed by atoms with Crippen LogP contribution in [0.1, 0.15) is 0 Å². The molecule has 0 spiro atoms. The molecule has 0 N–H and O–H groups in total. The molecule has 0 aliphatic heterocycles. The Morgan fingerprint density at radius 2 is 0.581 bits per heavy atom. The minimum atomic E-state index is -9.61. The van der Waals surface area contributed by atoms with Crippen molar-refractivity contribution < 1.29 is 92.2 Å². The minimum Gasteiger partial charge on any atom is -0.198 e. The van der Waals surface area contributed by atoms with Crippen LogP contribution in [0.15, 0.2) is 0 Å². The molecule has 0 fully saturated rings. The fraction of sp³-hybridized carbons (Fsp3) is 1.00. The van der Waals surface area contributed by atoms with Crippen LogP contribution in [-0.4, -0.2) is 53.9 Å². The van der Waals surface area contributed by atoms with Gasteiger partial charge in [-0.25, -0.2) is 0 Å². The smallest absolute Gasteiger partial charge is 0.198 e. The van der Waals surface area contributed by atoms with Crippen molar-refractivity contribution >= 4 is 0 Å². The molecular formula is C9F21N. The van der Waals surface area contributed by atoms with Crippen LogP contribution in [0.2, 0.25) is 0 Å². The number of alkyl halides is 21. The molecule has 31 heavy (non-hydrogen) atoms. The molecule has 0 aliphatic carbocycles. The molecule has 0 aliphatic rings. The standard InChI is InChI=1S/C9F21N/c10-2(11,3(12,13)6(20,21)22)1(4(14,15)16,5(17,18)19)7(23,24)31(8(25,26)27)9(28,29)30. The van der Waals surface area contributed by atoms with Crippen LogP contribution in [-0.2, 0) is 0 Å². The summed E-state index contributed by atoms with van der Waals surface area (Å²) in [5.41, 5.74) is -9.61. The highest BCUT2D eigenvalue weighted by Crippen LogP contribution is 2.72. The van der Waals surface area contributed by atoms with Gasteiger partial charge in [-0.15, -0.1) is 0 Å². The van der Waals surface area contributed by atoms with Crippen molar-refractivity contribution in [1.29, 1.82) is 0 Å². The highest BCUT2D eigenvalue weighted by molar-refractivity contribution is 5.17. The van der Waals surface area contributed by atoms with E-state index in [1.54, 1.807) is 0 Å². The highest BCUT2D eigenvalue weighted by Gasteiger charge is 3.01. The molecule has 0 saturated carbocycles. The average molecular weight is 521 g/mol. The Balaban J connectivity index is 8.01. The van der Waals surface area contributed by atoms with Crippen molar-refractivity contribution in [2.45, 2.75) is 49.0 Å². The molecule has 1 nitrogen and oxygen atoms in total. The summed E-state index contributed by atoms with van der Waals surface area (Å²) >= 11 is 0. The Hall–Kier alpha value is -1.51. The summed E-state index contributed by atoms with van der Waals surface area (Å²) in [5, 5.41) is 0. The lowest BCUT2D eigenvalue weighted by Crippen LogP contribution is -2.81. The lowest BCUT2D eigenvalue weighted by Gasteiger charge is -2.50. The first-order valence-corrected chi connectivity index (χ1v) is 6.14. The van der Waals surface area contributed by atoms with E-state index in [0.29, 0.717) is 0 Å². The van der Waals surface area contributed by atoms with Gasteiger partial charge in [-0.1, -0.05) is 4.90 Å². The molecule has 0 rings (SSSR count). The molecule has 22 heteroatoms. The van der Waals surface area contributed by atoms with Crippen LogP contribution in [0, 0.1) is 5.41 Å². The summed E-state index contributed by atoms with van der Waals surface area (Å²) in [6, 6.07) is -9.32. The van der Waals surface area contributed by atoms with Crippen LogP contribution < -0.4 is 0 Å². The third-order valence-corrected chi connectivity index (χ3v) is 3.31. The van der Waals surface area contributed by atoms with Gasteiger partial charge in [0.05, 0.1) is 0 Å². The van der Waals surface area contributed by atoms with Gasteiger partial charge < -0.3 is 0 Å². The first-order valence-electron chi connectivity index (χ1n) is 6.14. The second kappa shape index (κ2) is 6.99. The Morgan fingerprint density at radius 3 is 0.742 bits per heavy atom. The molecule has 0 bridgehead atoms. The SMILES string of the molecule is FC(F)(F)N(C(F)(F)F)C(F)(F)C(C(F)(F)F)(C(F)(F)F)C(F)(F)C(F)(F)C(F)(F)F. The van der Waals surface area contributed by atoms with E-state index in [9.17, 15) is 92.2 Å². The Morgan fingerprint density at radius 1 is 0.323 bits per heavy atom. The zero-order chi connectivity index (χ0) is 26.1. The molecule has 0 aromatic heterocycles. The molecule has 0 heterocycles. The van der Waals surface area contributed by atoms with Crippen molar-refractivity contribution in [3.63, 3.8) is 0 Å². The minimum absolute atomic E-state index is 5.12. The third-order valence-electron chi connectivity index (χ3n) is 3.31. The van der Waals surface area contributed by atoms with Crippen LogP contribution in [0.25, 0.3) is 0 Å². The van der Waals surface area contributed by atoms with E-state index in [1.165, 1.54) is 0 Å². The fourth-order valence-corrected chi connectivity index (χ4v) is 2.09. The largest absolute Gasteiger partial charge is 0.471 e. The highest BCUT2D eigenvalue weighted by atomic mass is 19.4. The number of hydrogen-bond donors (Lipinski definition) is 0. The Labute approximate surface area is 153 Å². The summed E-state index contributed by atoms with van der Waals surface area (Å²) in [6.45, 7) is 0. The maximum absolute atomic E-state index is 13.7. The van der Waals surface area contributed by atoms with Gasteiger partial charge in [0, 0.05) is 0 Å². The second-order valence-electron chi connectivity index (χ2n) is 5.20. The molecule has 0 saturated heterocycles. The van der Waals surface area contributed by atoms with E-state index >= 15 is 0 Å². The van der Waals surface area contributed by atoms with Crippen molar-refractivity contribution in [1.82, 2.24) is 4.90 Å². The van der Waals surface area contributed by atoms with E-state index in [4.69, 9.17) is 0 Å². The van der Waals surface area contributed by atoms with Crippen LogP contribution in [0.5, 0.6) is 0 Å². The van der Waals surface area contributed by atoms with Crippen LogP contribution in [0.3, 0.4) is 0 Å². The van der Waals surface area contributed by atoms with Gasteiger partial charge in [0.2, 0.25) is 0 Å². The number of rotatable bonds is 4. The predicted molar refractivity (Wildman–Crippen MR) is 49.4 cm³/mol. The number of nitrogens with zero attached hydrogens (tertiary/aromatic N) is 1. The van der Waals surface area contributed by atoms with Gasteiger partial charge in [0.1, 0.15) is 0 Å². The predicted octanol–water partition coefficient (Wildman–Crippen LogP) is 6.86. The Bertz CT molecular complexity index is 608. The van der Waals surface area contributed by atoms with Gasteiger partial charge >= 0.3 is 54.4 Å². The van der Waals surface area contributed by atoms with Crippen LogP contribution in [0.4, 0.5) is 92.2 Å². The zero-order valence-electron chi connectivity index (χ0n) is 12.9. The summed E-state index contributed by atoms with van der Waals surface area (Å²) < 4.78 is 266. The first-order chi connectivity index (χ1) is 12.9. The Kier molecular flexibility index (Phi) is 6.65. The molecule has 0 amide bonds. The van der Waals surface area contributed by atoms with Gasteiger partial charge in [-0.3, -0.25) is 0 Å². The quantitative estimate of drug-likeness (QED) is 0.289. The average Bonchev–Trinajstić information content (AvgIpc) is 2.26. The normalized spacial score (nSPS) is 16.8. The molecule has 0 aromatic rings. The molecule has 0 atom stereocenters. The summed E-state index contributed by atoms with van der Waals surface area (Å²) in [4.78, 5) is -5.12. The van der Waals surface area contributed by atoms with Gasteiger partial charge in [0.15, 0.2) is 0 Å². The van der Waals surface area contributed by atoms with Gasteiger partial charge in [-0.05, 0) is 0 Å². The monoisotopic (exact) mass is 521 g/mol. The van der Waals surface area contributed by atoms with Crippen molar-refractivity contribution in [3.8, 4) is 0 Å². The third kappa shape index (κ3) is 4.02. The molecule has 0 radical (unpaired) electrons. The van der Waals surface area contributed by atoms with Crippen molar-refractivity contribution in [2.24, 2.45) is 5.41 Å². The fourth-order valence-electron chi connectivity index (χ4n) is 2.09. The summed E-state index contributed by atoms with van der Waals surface area (Å²) in [7, 11) is 0. The van der Waals surface area contributed by atoms with E-state index in [0.717, 1.165) is 0 Å². The van der Waals surface area contributed by atoms with E-state index in [-0.39, 0.29) is 0 Å². The van der Waals surface area contributed by atoms with E-state index < -0.39 is 59.3 Å². The molecular weight excluding hydrogens is 521 g/mol. The van der Waals surface area contributed by atoms with Crippen LogP contribution >= 0.6 is 0 Å². The number of halogens is 21. The summed E-state index contributed by atoms with van der Waals surface area (Å²) in [5.74, 6) is -18.3. The van der Waals surface area contributed by atoms with Gasteiger partial charge in [0.25, 0.3) is 0 Å². The lowest BCUT2D eigenvalue weighted by atomic mass is 9.73. The summed E-state index contributed by atoms with van der Waals surface area (Å²) in [6.07, 6.45) is -42.8. The zero-order valence-corrected chi connectivity index (χ0v) is 12.9. The topological polar surface area (TPSA) is 3.24 Å². The molecule has 0 unspecified atom stereocenters. The second-order valence-corrected chi connectivity index (χ2v) is 5.20. The first kappa shape index (κ1) is 29.5.